The highest BCUT2D eigenvalue weighted by Gasteiger charge is 2.39. The van der Waals surface area contributed by atoms with Crippen LogP contribution in [0.1, 0.15) is 37.8 Å². The third kappa shape index (κ3) is 4.23. The van der Waals surface area contributed by atoms with Crippen molar-refractivity contribution in [2.24, 2.45) is 5.92 Å². The summed E-state index contributed by atoms with van der Waals surface area (Å²) in [5.41, 5.74) is 1.82. The smallest absolute Gasteiger partial charge is 0.250 e. The van der Waals surface area contributed by atoms with E-state index in [1.54, 1.807) is 19.1 Å². The maximum absolute atomic E-state index is 12.5. The third-order valence-electron chi connectivity index (χ3n) is 6.59. The molecule has 2 amide bonds. The van der Waals surface area contributed by atoms with Gasteiger partial charge in [0.1, 0.15) is 0 Å². The van der Waals surface area contributed by atoms with Crippen molar-refractivity contribution in [2.75, 3.05) is 43.5 Å². The second kappa shape index (κ2) is 8.52. The normalized spacial score (nSPS) is 24.8. The molecule has 4 rings (SSSR count). The first kappa shape index (κ1) is 20.5. The molecular weight excluding hydrogens is 388 g/mol. The number of rotatable bonds is 4. The summed E-state index contributed by atoms with van der Waals surface area (Å²) in [7, 11) is 0. The third-order valence-corrected chi connectivity index (χ3v) is 7.14. The molecule has 0 saturated carbocycles. The van der Waals surface area contributed by atoms with E-state index in [1.165, 1.54) is 11.8 Å². The number of pyridine rings is 1. The van der Waals surface area contributed by atoms with Gasteiger partial charge >= 0.3 is 0 Å². The minimum absolute atomic E-state index is 0.0228. The molecule has 0 radical (unpaired) electrons. The number of hydrogen-bond donors (Lipinski definition) is 1. The summed E-state index contributed by atoms with van der Waals surface area (Å²) in [5.74, 6) is 1.27. The zero-order valence-corrected chi connectivity index (χ0v) is 18.0. The predicted octanol–water partition coefficient (Wildman–Crippen LogP) is 1.58. The molecule has 1 N–H and O–H groups in total. The molecule has 2 bridgehead atoms. The molecule has 2 fully saturated rings. The molecule has 7 nitrogen and oxygen atoms in total. The van der Waals surface area contributed by atoms with Crippen LogP contribution in [0.3, 0.4) is 0 Å². The van der Waals surface area contributed by atoms with E-state index in [1.807, 2.05) is 15.7 Å². The topological polar surface area (TPSA) is 74.7 Å². The second-order valence-electron chi connectivity index (χ2n) is 8.55. The van der Waals surface area contributed by atoms with Gasteiger partial charge in [-0.2, -0.15) is 11.8 Å². The lowest BCUT2D eigenvalue weighted by Gasteiger charge is -2.47. The fraction of sp³-hybridized carbons (Fsp3) is 0.667. The van der Waals surface area contributed by atoms with Crippen LogP contribution in [0.15, 0.2) is 16.9 Å². The molecule has 2 unspecified atom stereocenters. The lowest BCUT2D eigenvalue weighted by atomic mass is 9.81. The van der Waals surface area contributed by atoms with Gasteiger partial charge in [0.05, 0.1) is 11.4 Å². The van der Waals surface area contributed by atoms with E-state index in [0.717, 1.165) is 63.4 Å². The van der Waals surface area contributed by atoms with Gasteiger partial charge in [-0.15, -0.1) is 0 Å². The van der Waals surface area contributed by atoms with Crippen LogP contribution in [0.2, 0.25) is 0 Å². The lowest BCUT2D eigenvalue weighted by Crippen LogP contribution is -2.53. The van der Waals surface area contributed by atoms with E-state index in [-0.39, 0.29) is 23.3 Å². The largest absolute Gasteiger partial charge is 0.343 e. The SMILES string of the molecule is CSCC(=O)Nc1ccc(=O)n2c1C1CC(CN(C3CCN(C(C)=O)CC3)C1)C2. The highest BCUT2D eigenvalue weighted by Crippen LogP contribution is 2.40. The highest BCUT2D eigenvalue weighted by atomic mass is 32.2. The van der Waals surface area contributed by atoms with Crippen molar-refractivity contribution in [3.8, 4) is 0 Å². The van der Waals surface area contributed by atoms with E-state index in [0.29, 0.717) is 17.7 Å². The summed E-state index contributed by atoms with van der Waals surface area (Å²) in [6.45, 7) is 5.95. The number of nitrogens with zero attached hydrogens (tertiary/aromatic N) is 3. The minimum atomic E-state index is -0.0228. The van der Waals surface area contributed by atoms with Crippen LogP contribution >= 0.6 is 11.8 Å². The average Bonchev–Trinajstić information content (AvgIpc) is 2.70. The summed E-state index contributed by atoms with van der Waals surface area (Å²) in [6, 6.07) is 3.85. The molecular formula is C21H30N4O3S. The van der Waals surface area contributed by atoms with Crippen LogP contribution in [0.25, 0.3) is 0 Å². The van der Waals surface area contributed by atoms with Gasteiger partial charge in [0.15, 0.2) is 0 Å². The van der Waals surface area contributed by atoms with Gasteiger partial charge in [0.2, 0.25) is 11.8 Å². The van der Waals surface area contributed by atoms with E-state index >= 15 is 0 Å². The summed E-state index contributed by atoms with van der Waals surface area (Å²) in [5, 5.41) is 3.03. The van der Waals surface area contributed by atoms with Crippen LogP contribution in [-0.2, 0) is 16.1 Å². The molecule has 4 heterocycles. The number of nitrogens with one attached hydrogen (secondary N) is 1. The summed E-state index contributed by atoms with van der Waals surface area (Å²) >= 11 is 1.49. The Morgan fingerprint density at radius 1 is 1.17 bits per heavy atom. The van der Waals surface area contributed by atoms with Gasteiger partial charge in [-0.1, -0.05) is 0 Å². The summed E-state index contributed by atoms with van der Waals surface area (Å²) in [6.07, 6.45) is 5.00. The molecule has 0 aromatic carbocycles. The van der Waals surface area contributed by atoms with E-state index in [9.17, 15) is 14.4 Å². The van der Waals surface area contributed by atoms with Gasteiger partial charge in [-0.05, 0) is 37.5 Å². The van der Waals surface area contributed by atoms with E-state index < -0.39 is 0 Å². The zero-order valence-electron chi connectivity index (χ0n) is 17.2. The highest BCUT2D eigenvalue weighted by molar-refractivity contribution is 7.99. The Kier molecular flexibility index (Phi) is 6.01. The molecule has 2 saturated heterocycles. The van der Waals surface area contributed by atoms with Crippen LogP contribution in [0.5, 0.6) is 0 Å². The standard InChI is InChI=1S/C21H30N4O3S/c1-14(26)23-7-5-17(6-8-23)24-10-15-9-16(12-24)21-18(22-19(27)13-29-2)3-4-20(28)25(21)11-15/h3-4,15-17H,5-13H2,1-2H3,(H,22,27). The Morgan fingerprint density at radius 3 is 2.62 bits per heavy atom. The number of piperidine rings is 2. The van der Waals surface area contributed by atoms with Crippen molar-refractivity contribution in [1.82, 2.24) is 14.4 Å². The van der Waals surface area contributed by atoms with Gasteiger partial charge in [0, 0.05) is 63.4 Å². The maximum atomic E-state index is 12.5. The molecule has 3 aliphatic heterocycles. The van der Waals surface area contributed by atoms with Crippen molar-refractivity contribution in [2.45, 2.75) is 44.7 Å². The van der Waals surface area contributed by atoms with Crippen molar-refractivity contribution in [3.05, 3.63) is 28.2 Å². The number of aromatic nitrogens is 1. The first-order valence-corrected chi connectivity index (χ1v) is 11.9. The number of thioether (sulfide) groups is 1. The Morgan fingerprint density at radius 2 is 1.93 bits per heavy atom. The van der Waals surface area contributed by atoms with E-state index in [4.69, 9.17) is 0 Å². The molecule has 158 valence electrons. The fourth-order valence-corrected chi connectivity index (χ4v) is 5.65. The molecule has 0 spiro atoms. The average molecular weight is 419 g/mol. The molecule has 1 aromatic rings. The Labute approximate surface area is 175 Å². The molecule has 0 aliphatic carbocycles. The summed E-state index contributed by atoms with van der Waals surface area (Å²) < 4.78 is 1.89. The monoisotopic (exact) mass is 418 g/mol. The van der Waals surface area contributed by atoms with Crippen LogP contribution in [-0.4, -0.2) is 70.4 Å². The predicted molar refractivity (Wildman–Crippen MR) is 115 cm³/mol. The molecule has 1 aromatic heterocycles. The fourth-order valence-electron chi connectivity index (χ4n) is 5.32. The molecule has 3 aliphatic rings. The van der Waals surface area contributed by atoms with Crippen molar-refractivity contribution in [3.63, 3.8) is 0 Å². The first-order chi connectivity index (χ1) is 14.0. The van der Waals surface area contributed by atoms with Crippen molar-refractivity contribution >= 4 is 29.3 Å². The summed E-state index contributed by atoms with van der Waals surface area (Å²) in [4.78, 5) is 40.9. The van der Waals surface area contributed by atoms with Crippen LogP contribution in [0.4, 0.5) is 5.69 Å². The van der Waals surface area contributed by atoms with Crippen molar-refractivity contribution in [1.29, 1.82) is 0 Å². The zero-order chi connectivity index (χ0) is 20.5. The Bertz CT molecular complexity index is 847. The van der Waals surface area contributed by atoms with E-state index in [2.05, 4.69) is 10.2 Å². The molecule has 2 atom stereocenters. The first-order valence-electron chi connectivity index (χ1n) is 10.5. The van der Waals surface area contributed by atoms with Crippen LogP contribution < -0.4 is 10.9 Å². The van der Waals surface area contributed by atoms with Crippen LogP contribution in [0, 0.1) is 5.92 Å². The van der Waals surface area contributed by atoms with Gasteiger partial charge in [0.25, 0.3) is 5.56 Å². The Balaban J connectivity index is 1.54. The number of fused-ring (bicyclic) bond motifs is 4. The van der Waals surface area contributed by atoms with Gasteiger partial charge in [-0.3, -0.25) is 19.3 Å². The Hall–Kier alpha value is -1.80. The lowest BCUT2D eigenvalue weighted by molar-refractivity contribution is -0.130. The minimum Gasteiger partial charge on any atom is -0.343 e. The number of carbonyl (C=O) groups is 2. The number of anilines is 1. The molecule has 8 heteroatoms. The molecule has 29 heavy (non-hydrogen) atoms. The number of carbonyl (C=O) groups excluding carboxylic acids is 2. The van der Waals surface area contributed by atoms with Crippen molar-refractivity contribution < 1.29 is 9.59 Å². The second-order valence-corrected chi connectivity index (χ2v) is 9.42. The maximum Gasteiger partial charge on any atom is 0.250 e. The number of hydrogen-bond acceptors (Lipinski definition) is 5. The van der Waals surface area contributed by atoms with Gasteiger partial charge < -0.3 is 14.8 Å². The number of amides is 2. The quantitative estimate of drug-likeness (QED) is 0.804. The number of likely N-dealkylation sites (tertiary alicyclic amines) is 2. The van der Waals surface area contributed by atoms with Gasteiger partial charge in [-0.25, -0.2) is 0 Å².